The molecule has 0 heterocycles. The Morgan fingerprint density at radius 2 is 1.96 bits per heavy atom. The van der Waals surface area contributed by atoms with Gasteiger partial charge in [-0.2, -0.15) is 0 Å². The quantitative estimate of drug-likeness (QED) is 0.611. The van der Waals surface area contributed by atoms with Crippen LogP contribution in [0, 0.1) is 6.92 Å². The molecule has 3 N–H and O–H groups in total. The molecule has 2 aromatic carbocycles. The first kappa shape index (κ1) is 21.0. The van der Waals surface area contributed by atoms with E-state index in [1.165, 1.54) is 7.11 Å². The Morgan fingerprint density at radius 3 is 2.59 bits per heavy atom. The molecule has 27 heavy (non-hydrogen) atoms. The summed E-state index contributed by atoms with van der Waals surface area (Å²) in [6, 6.07) is 11.0. The molecule has 1 amide bonds. The van der Waals surface area contributed by atoms with Crippen molar-refractivity contribution in [2.75, 3.05) is 25.6 Å². The Labute approximate surface area is 164 Å². The number of benzene rings is 2. The van der Waals surface area contributed by atoms with Gasteiger partial charge in [-0.3, -0.25) is 4.79 Å². The highest BCUT2D eigenvalue weighted by Gasteiger charge is 2.14. The second-order valence-electron chi connectivity index (χ2n) is 6.29. The third kappa shape index (κ3) is 6.75. The first-order valence-corrected chi connectivity index (χ1v) is 9.01. The number of carbonyl (C=O) groups is 1. The predicted octanol–water partition coefficient (Wildman–Crippen LogP) is 3.14. The molecule has 0 saturated carbocycles. The van der Waals surface area contributed by atoms with Gasteiger partial charge in [0.05, 0.1) is 18.2 Å². The van der Waals surface area contributed by atoms with Crippen molar-refractivity contribution < 1.29 is 19.4 Å². The molecule has 0 saturated heterocycles. The van der Waals surface area contributed by atoms with E-state index in [4.69, 9.17) is 21.1 Å². The number of nitrogens with one attached hydrogen (secondary N) is 2. The number of carbonyl (C=O) groups excluding carboxylic acids is 1. The minimum Gasteiger partial charge on any atom is -0.493 e. The predicted molar refractivity (Wildman–Crippen MR) is 107 cm³/mol. The molecule has 0 radical (unpaired) electrons. The molecule has 1 atom stereocenters. The van der Waals surface area contributed by atoms with Crippen molar-refractivity contribution in [3.8, 4) is 11.5 Å². The van der Waals surface area contributed by atoms with Crippen LogP contribution in [0.25, 0.3) is 0 Å². The summed E-state index contributed by atoms with van der Waals surface area (Å²) in [5.41, 5.74) is 2.70. The number of halogens is 1. The van der Waals surface area contributed by atoms with Crippen LogP contribution in [0.3, 0.4) is 0 Å². The molecule has 0 aromatic heterocycles. The first-order chi connectivity index (χ1) is 12.9. The Balaban J connectivity index is 1.98. The van der Waals surface area contributed by atoms with E-state index in [2.05, 4.69) is 10.6 Å². The zero-order valence-corrected chi connectivity index (χ0v) is 16.5. The molecule has 0 aliphatic carbocycles. The Morgan fingerprint density at radius 1 is 1.26 bits per heavy atom. The summed E-state index contributed by atoms with van der Waals surface area (Å²) >= 11 is 6.30. The van der Waals surface area contributed by atoms with Crippen LogP contribution in [0.2, 0.25) is 5.02 Å². The van der Waals surface area contributed by atoms with Crippen LogP contribution in [0.4, 0.5) is 5.69 Å². The van der Waals surface area contributed by atoms with Crippen LogP contribution in [0.1, 0.15) is 18.1 Å². The Bertz CT molecular complexity index is 763. The first-order valence-electron chi connectivity index (χ1n) is 8.63. The number of aliphatic hydroxyl groups excluding tert-OH is 1. The average molecular weight is 393 g/mol. The minimum absolute atomic E-state index is 0.191. The summed E-state index contributed by atoms with van der Waals surface area (Å²) in [5.74, 6) is 0.469. The number of hydrogen-bond donors (Lipinski definition) is 3. The highest BCUT2D eigenvalue weighted by molar-refractivity contribution is 6.32. The van der Waals surface area contributed by atoms with Crippen molar-refractivity contribution in [2.24, 2.45) is 0 Å². The zero-order valence-electron chi connectivity index (χ0n) is 15.7. The average Bonchev–Trinajstić information content (AvgIpc) is 2.62. The van der Waals surface area contributed by atoms with Crippen molar-refractivity contribution in [2.45, 2.75) is 26.5 Å². The Hall–Kier alpha value is -2.28. The lowest BCUT2D eigenvalue weighted by atomic mass is 10.2. The molecule has 6 nitrogen and oxygen atoms in total. The van der Waals surface area contributed by atoms with Crippen molar-refractivity contribution in [3.05, 3.63) is 52.5 Å². The number of hydrogen-bond acceptors (Lipinski definition) is 5. The summed E-state index contributed by atoms with van der Waals surface area (Å²) in [7, 11) is 1.51. The lowest BCUT2D eigenvalue weighted by molar-refractivity contribution is -0.118. The second kappa shape index (κ2) is 10.2. The van der Waals surface area contributed by atoms with Crippen molar-refractivity contribution >= 4 is 23.2 Å². The molecule has 0 bridgehead atoms. The molecule has 0 aliphatic heterocycles. The van der Waals surface area contributed by atoms with Crippen LogP contribution in [0.15, 0.2) is 36.4 Å². The lowest BCUT2D eigenvalue weighted by Crippen LogP contribution is -2.24. The van der Waals surface area contributed by atoms with E-state index in [1.54, 1.807) is 19.1 Å². The number of methoxy groups -OCH3 is 1. The maximum Gasteiger partial charge on any atom is 0.262 e. The molecule has 0 spiro atoms. The zero-order chi connectivity index (χ0) is 19.8. The maximum atomic E-state index is 12.1. The fourth-order valence-electron chi connectivity index (χ4n) is 2.41. The van der Waals surface area contributed by atoms with Gasteiger partial charge in [-0.1, -0.05) is 29.3 Å². The van der Waals surface area contributed by atoms with Gasteiger partial charge in [0.25, 0.3) is 5.91 Å². The monoisotopic (exact) mass is 392 g/mol. The number of aliphatic hydroxyl groups is 1. The van der Waals surface area contributed by atoms with Crippen LogP contribution in [-0.4, -0.2) is 37.4 Å². The van der Waals surface area contributed by atoms with Crippen LogP contribution in [-0.2, 0) is 11.3 Å². The SMILES string of the molecule is COc1cc(CNC[C@H](C)O)cc(Cl)c1OCC(=O)Nc1ccc(C)cc1. The van der Waals surface area contributed by atoms with Gasteiger partial charge in [-0.15, -0.1) is 0 Å². The maximum absolute atomic E-state index is 12.1. The standard InChI is InChI=1S/C20H25ClN2O4/c1-13-4-6-16(7-5-13)23-19(25)12-27-20-17(21)8-15(9-18(20)26-3)11-22-10-14(2)24/h4-9,14,22,24H,10-12H2,1-3H3,(H,23,25)/t14-/m0/s1. The molecule has 2 aromatic rings. The normalized spacial score (nSPS) is 11.7. The van der Waals surface area contributed by atoms with Crippen molar-refractivity contribution in [1.82, 2.24) is 5.32 Å². The van der Waals surface area contributed by atoms with Gasteiger partial charge in [0.1, 0.15) is 0 Å². The highest BCUT2D eigenvalue weighted by Crippen LogP contribution is 2.36. The molecule has 7 heteroatoms. The van der Waals surface area contributed by atoms with E-state index in [9.17, 15) is 9.90 Å². The topological polar surface area (TPSA) is 79.8 Å². The number of anilines is 1. The van der Waals surface area contributed by atoms with Crippen LogP contribution < -0.4 is 20.1 Å². The summed E-state index contributed by atoms with van der Waals surface area (Å²) in [6.45, 7) is 4.49. The van der Waals surface area contributed by atoms with Crippen LogP contribution in [0.5, 0.6) is 11.5 Å². The van der Waals surface area contributed by atoms with Gasteiger partial charge < -0.3 is 25.2 Å². The summed E-state index contributed by atoms with van der Waals surface area (Å²) in [5, 5.41) is 15.5. The Kier molecular flexibility index (Phi) is 7.91. The highest BCUT2D eigenvalue weighted by atomic mass is 35.5. The van der Waals surface area contributed by atoms with E-state index in [1.807, 2.05) is 31.2 Å². The van der Waals surface area contributed by atoms with Gasteiger partial charge in [-0.05, 0) is 43.7 Å². The van der Waals surface area contributed by atoms with Gasteiger partial charge in [0.15, 0.2) is 18.1 Å². The third-order valence-electron chi connectivity index (χ3n) is 3.74. The van der Waals surface area contributed by atoms with E-state index >= 15 is 0 Å². The smallest absolute Gasteiger partial charge is 0.262 e. The molecular weight excluding hydrogens is 368 g/mol. The van der Waals surface area contributed by atoms with Gasteiger partial charge >= 0.3 is 0 Å². The van der Waals surface area contributed by atoms with E-state index in [0.29, 0.717) is 35.3 Å². The van der Waals surface area contributed by atoms with E-state index in [-0.39, 0.29) is 12.5 Å². The van der Waals surface area contributed by atoms with Crippen LogP contribution >= 0.6 is 11.6 Å². The van der Waals surface area contributed by atoms with Gasteiger partial charge in [-0.25, -0.2) is 0 Å². The number of rotatable bonds is 9. The molecule has 2 rings (SSSR count). The molecule has 0 unspecified atom stereocenters. The molecule has 0 fully saturated rings. The fourth-order valence-corrected chi connectivity index (χ4v) is 2.70. The fraction of sp³-hybridized carbons (Fsp3) is 0.350. The summed E-state index contributed by atoms with van der Waals surface area (Å²) in [6.07, 6.45) is -0.433. The van der Waals surface area contributed by atoms with E-state index in [0.717, 1.165) is 11.1 Å². The number of amides is 1. The molecule has 146 valence electrons. The second-order valence-corrected chi connectivity index (χ2v) is 6.70. The molecular formula is C20H25ClN2O4. The van der Waals surface area contributed by atoms with Gasteiger partial charge in [0.2, 0.25) is 0 Å². The van der Waals surface area contributed by atoms with Gasteiger partial charge in [0, 0.05) is 18.8 Å². The third-order valence-corrected chi connectivity index (χ3v) is 4.02. The largest absolute Gasteiger partial charge is 0.493 e. The number of ether oxygens (including phenoxy) is 2. The summed E-state index contributed by atoms with van der Waals surface area (Å²) < 4.78 is 10.9. The molecule has 0 aliphatic rings. The number of aryl methyl sites for hydroxylation is 1. The van der Waals surface area contributed by atoms with E-state index < -0.39 is 6.10 Å². The van der Waals surface area contributed by atoms with Crippen molar-refractivity contribution in [1.29, 1.82) is 0 Å². The van der Waals surface area contributed by atoms with Crippen molar-refractivity contribution in [3.63, 3.8) is 0 Å². The lowest BCUT2D eigenvalue weighted by Gasteiger charge is -2.15. The summed E-state index contributed by atoms with van der Waals surface area (Å²) in [4.78, 5) is 12.1. The minimum atomic E-state index is -0.433.